The first kappa shape index (κ1) is 16.6. The summed E-state index contributed by atoms with van der Waals surface area (Å²) in [6.45, 7) is 1.83. The Balaban J connectivity index is 2.04. The van der Waals surface area contributed by atoms with E-state index in [1.807, 2.05) is 67.6 Å². The van der Waals surface area contributed by atoms with E-state index < -0.39 is 13.3 Å². The molecule has 0 aliphatic rings. The normalized spacial score (nSPS) is 12.8. The number of hydrogen-bond acceptors (Lipinski definition) is 1. The van der Waals surface area contributed by atoms with E-state index in [2.05, 4.69) is 5.09 Å². The van der Waals surface area contributed by atoms with Gasteiger partial charge in [0.15, 0.2) is 0 Å². The average Bonchev–Trinajstić information content (AvgIpc) is 2.63. The molecule has 3 aromatic rings. The molecule has 1 atom stereocenters. The van der Waals surface area contributed by atoms with Crippen LogP contribution in [0.3, 0.4) is 0 Å². The van der Waals surface area contributed by atoms with Crippen LogP contribution in [0.1, 0.15) is 18.5 Å². The SMILES string of the molecule is C[C@H](NP(=O)(c1ccccc1)c1ccccc1)c1ccccc1F. The maximum absolute atomic E-state index is 14.1. The zero-order valence-corrected chi connectivity index (χ0v) is 14.3. The highest BCUT2D eigenvalue weighted by Gasteiger charge is 2.29. The minimum absolute atomic E-state index is 0.301. The molecule has 0 saturated carbocycles. The van der Waals surface area contributed by atoms with Crippen molar-refractivity contribution in [3.8, 4) is 0 Å². The van der Waals surface area contributed by atoms with Gasteiger partial charge in [0, 0.05) is 22.2 Å². The van der Waals surface area contributed by atoms with Crippen molar-refractivity contribution in [2.75, 3.05) is 0 Å². The Morgan fingerprint density at radius 3 is 1.75 bits per heavy atom. The summed E-state index contributed by atoms with van der Waals surface area (Å²) < 4.78 is 28.0. The fourth-order valence-electron chi connectivity index (χ4n) is 2.74. The van der Waals surface area contributed by atoms with Gasteiger partial charge < -0.3 is 0 Å². The van der Waals surface area contributed by atoms with Crippen molar-refractivity contribution in [3.05, 3.63) is 96.3 Å². The third kappa shape index (κ3) is 3.33. The molecule has 0 fully saturated rings. The van der Waals surface area contributed by atoms with E-state index in [4.69, 9.17) is 0 Å². The molecule has 3 rings (SSSR count). The lowest BCUT2D eigenvalue weighted by Crippen LogP contribution is -2.29. The molecule has 24 heavy (non-hydrogen) atoms. The molecular formula is C20H19FNOP. The first-order valence-electron chi connectivity index (χ1n) is 7.85. The molecule has 0 aliphatic carbocycles. The second kappa shape index (κ2) is 7.12. The molecular weight excluding hydrogens is 320 g/mol. The van der Waals surface area contributed by atoms with Crippen molar-refractivity contribution in [1.29, 1.82) is 0 Å². The second-order valence-electron chi connectivity index (χ2n) is 5.65. The summed E-state index contributed by atoms with van der Waals surface area (Å²) in [7, 11) is -3.08. The molecule has 0 heterocycles. The number of nitrogens with one attached hydrogen (secondary N) is 1. The number of rotatable bonds is 5. The summed E-state index contributed by atoms with van der Waals surface area (Å²) in [4.78, 5) is 0. The van der Waals surface area contributed by atoms with E-state index in [1.54, 1.807) is 18.2 Å². The van der Waals surface area contributed by atoms with E-state index in [0.29, 0.717) is 16.2 Å². The topological polar surface area (TPSA) is 29.1 Å². The highest BCUT2D eigenvalue weighted by atomic mass is 31.2. The van der Waals surface area contributed by atoms with Gasteiger partial charge in [0.2, 0.25) is 7.29 Å². The first-order chi connectivity index (χ1) is 11.6. The van der Waals surface area contributed by atoms with Gasteiger partial charge in [-0.25, -0.2) is 4.39 Å². The standard InChI is InChI=1S/C20H19FNOP/c1-16(19-14-8-9-15-20(19)21)22-24(23,17-10-4-2-5-11-17)18-12-6-3-7-13-18/h2-16H,1H3,(H,22,23)/t16-/m0/s1. The van der Waals surface area contributed by atoms with Gasteiger partial charge in [-0.3, -0.25) is 9.65 Å². The van der Waals surface area contributed by atoms with Crippen LogP contribution < -0.4 is 15.7 Å². The van der Waals surface area contributed by atoms with Crippen molar-refractivity contribution in [1.82, 2.24) is 5.09 Å². The third-order valence-electron chi connectivity index (χ3n) is 3.99. The Kier molecular flexibility index (Phi) is 4.94. The second-order valence-corrected chi connectivity index (χ2v) is 8.16. The van der Waals surface area contributed by atoms with Crippen molar-refractivity contribution >= 4 is 17.9 Å². The van der Waals surface area contributed by atoms with Crippen molar-refractivity contribution in [2.24, 2.45) is 0 Å². The highest BCUT2D eigenvalue weighted by Crippen LogP contribution is 2.41. The maximum atomic E-state index is 14.1. The smallest absolute Gasteiger partial charge is 0.205 e. The van der Waals surface area contributed by atoms with Gasteiger partial charge in [0.1, 0.15) is 5.82 Å². The van der Waals surface area contributed by atoms with Crippen LogP contribution >= 0.6 is 7.29 Å². The molecule has 0 radical (unpaired) electrons. The van der Waals surface area contributed by atoms with Crippen molar-refractivity contribution in [3.63, 3.8) is 0 Å². The van der Waals surface area contributed by atoms with Crippen molar-refractivity contribution in [2.45, 2.75) is 13.0 Å². The molecule has 0 aromatic heterocycles. The highest BCUT2D eigenvalue weighted by molar-refractivity contribution is 7.76. The molecule has 0 unspecified atom stereocenters. The molecule has 0 amide bonds. The summed E-state index contributed by atoms with van der Waals surface area (Å²) in [6.07, 6.45) is 0. The molecule has 2 nitrogen and oxygen atoms in total. The molecule has 0 bridgehead atoms. The van der Waals surface area contributed by atoms with Crippen LogP contribution in [-0.2, 0) is 4.57 Å². The molecule has 0 aliphatic heterocycles. The van der Waals surface area contributed by atoms with E-state index in [-0.39, 0.29) is 5.82 Å². The Hall–Kier alpha value is -2.22. The lowest BCUT2D eigenvalue weighted by molar-refractivity contribution is 0.554. The van der Waals surface area contributed by atoms with Gasteiger partial charge in [-0.05, 0) is 37.3 Å². The van der Waals surface area contributed by atoms with Crippen LogP contribution in [0.25, 0.3) is 0 Å². The Morgan fingerprint density at radius 1 is 0.792 bits per heavy atom. The van der Waals surface area contributed by atoms with E-state index >= 15 is 0 Å². The van der Waals surface area contributed by atoms with Gasteiger partial charge in [-0.15, -0.1) is 0 Å². The van der Waals surface area contributed by atoms with Crippen LogP contribution in [0.2, 0.25) is 0 Å². The van der Waals surface area contributed by atoms with Crippen LogP contribution in [-0.4, -0.2) is 0 Å². The van der Waals surface area contributed by atoms with Gasteiger partial charge in [-0.2, -0.15) is 0 Å². The molecule has 0 saturated heterocycles. The van der Waals surface area contributed by atoms with E-state index in [1.165, 1.54) is 6.07 Å². The minimum atomic E-state index is -3.08. The summed E-state index contributed by atoms with van der Waals surface area (Å²) in [5, 5.41) is 4.61. The Morgan fingerprint density at radius 2 is 1.25 bits per heavy atom. The molecule has 122 valence electrons. The van der Waals surface area contributed by atoms with Gasteiger partial charge in [-0.1, -0.05) is 54.6 Å². The molecule has 4 heteroatoms. The quantitative estimate of drug-likeness (QED) is 0.698. The lowest BCUT2D eigenvalue weighted by Gasteiger charge is -2.25. The first-order valence-corrected chi connectivity index (χ1v) is 9.55. The fraction of sp³-hybridized carbons (Fsp3) is 0.100. The summed E-state index contributed by atoms with van der Waals surface area (Å²) in [5.74, 6) is -0.301. The van der Waals surface area contributed by atoms with Gasteiger partial charge in [0.05, 0.1) is 0 Å². The molecule has 1 N–H and O–H groups in total. The Bertz CT molecular complexity index is 808. The van der Waals surface area contributed by atoms with E-state index in [9.17, 15) is 8.96 Å². The number of benzene rings is 3. The van der Waals surface area contributed by atoms with Crippen LogP contribution in [0.5, 0.6) is 0 Å². The monoisotopic (exact) mass is 339 g/mol. The summed E-state index contributed by atoms with van der Waals surface area (Å²) in [5.41, 5.74) is 0.504. The average molecular weight is 339 g/mol. The van der Waals surface area contributed by atoms with Gasteiger partial charge in [0.25, 0.3) is 0 Å². The molecule has 0 spiro atoms. The zero-order valence-electron chi connectivity index (χ0n) is 13.4. The lowest BCUT2D eigenvalue weighted by atomic mass is 10.1. The van der Waals surface area contributed by atoms with Crippen LogP contribution in [0, 0.1) is 5.82 Å². The molecule has 3 aromatic carbocycles. The zero-order chi connectivity index (χ0) is 17.0. The predicted molar refractivity (Wildman–Crippen MR) is 97.7 cm³/mol. The summed E-state index contributed by atoms with van der Waals surface area (Å²) in [6, 6.07) is 24.8. The minimum Gasteiger partial charge on any atom is -0.297 e. The van der Waals surface area contributed by atoms with E-state index in [0.717, 1.165) is 0 Å². The fourth-order valence-corrected chi connectivity index (χ4v) is 5.21. The number of halogens is 1. The Labute approximate surface area is 141 Å². The summed E-state index contributed by atoms with van der Waals surface area (Å²) >= 11 is 0. The van der Waals surface area contributed by atoms with Crippen LogP contribution in [0.15, 0.2) is 84.9 Å². The largest absolute Gasteiger partial charge is 0.297 e. The third-order valence-corrected chi connectivity index (χ3v) is 6.79. The van der Waals surface area contributed by atoms with Crippen LogP contribution in [0.4, 0.5) is 4.39 Å². The maximum Gasteiger partial charge on any atom is 0.205 e. The number of hydrogen-bond donors (Lipinski definition) is 1. The predicted octanol–water partition coefficient (Wildman–Crippen LogP) is 4.41. The van der Waals surface area contributed by atoms with Crippen molar-refractivity contribution < 1.29 is 8.96 Å². The van der Waals surface area contributed by atoms with Gasteiger partial charge >= 0.3 is 0 Å².